The summed E-state index contributed by atoms with van der Waals surface area (Å²) in [6.07, 6.45) is 1.94. The Bertz CT molecular complexity index is 510. The predicted octanol–water partition coefficient (Wildman–Crippen LogP) is 3.82. The molecule has 0 radical (unpaired) electrons. The van der Waals surface area contributed by atoms with Crippen LogP contribution >= 0.6 is 27.3 Å². The van der Waals surface area contributed by atoms with Crippen LogP contribution in [0.4, 0.5) is 0 Å². The van der Waals surface area contributed by atoms with Gasteiger partial charge in [0.25, 0.3) is 0 Å². The lowest BCUT2D eigenvalue weighted by atomic mass is 10.0. The van der Waals surface area contributed by atoms with Crippen molar-refractivity contribution in [1.82, 2.24) is 5.43 Å². The van der Waals surface area contributed by atoms with Crippen LogP contribution in [-0.4, -0.2) is 0 Å². The minimum absolute atomic E-state index is 0.179. The van der Waals surface area contributed by atoms with Gasteiger partial charge in [-0.3, -0.25) is 11.3 Å². The minimum Gasteiger partial charge on any atom is -0.271 e. The van der Waals surface area contributed by atoms with E-state index in [4.69, 9.17) is 5.84 Å². The third-order valence-electron chi connectivity index (χ3n) is 3.06. The monoisotopic (exact) mass is 324 g/mol. The van der Waals surface area contributed by atoms with Crippen molar-refractivity contribution in [2.45, 2.75) is 25.8 Å². The number of thiophene rings is 1. The molecule has 96 valence electrons. The van der Waals surface area contributed by atoms with E-state index in [0.717, 1.165) is 17.3 Å². The average molecular weight is 325 g/mol. The molecule has 18 heavy (non-hydrogen) atoms. The van der Waals surface area contributed by atoms with Gasteiger partial charge in [-0.1, -0.05) is 41.1 Å². The first kappa shape index (κ1) is 13.7. The van der Waals surface area contributed by atoms with Crippen molar-refractivity contribution in [3.8, 4) is 0 Å². The summed E-state index contributed by atoms with van der Waals surface area (Å²) < 4.78 is 1.14. The van der Waals surface area contributed by atoms with E-state index < -0.39 is 0 Å². The number of hydrogen-bond acceptors (Lipinski definition) is 3. The number of hydrazine groups is 1. The Morgan fingerprint density at radius 2 is 2.06 bits per heavy atom. The third kappa shape index (κ3) is 3.01. The molecule has 2 nitrogen and oxygen atoms in total. The molecular formula is C14H17BrN2S. The van der Waals surface area contributed by atoms with Crippen LogP contribution in [0, 0.1) is 0 Å². The maximum atomic E-state index is 5.73. The van der Waals surface area contributed by atoms with Gasteiger partial charge in [-0.2, -0.15) is 0 Å². The van der Waals surface area contributed by atoms with E-state index in [2.05, 4.69) is 57.9 Å². The van der Waals surface area contributed by atoms with Crippen LogP contribution in [0.1, 0.15) is 29.0 Å². The number of benzene rings is 1. The van der Waals surface area contributed by atoms with Gasteiger partial charge in [0, 0.05) is 9.35 Å². The summed E-state index contributed by atoms with van der Waals surface area (Å²) in [5.41, 5.74) is 5.60. The second kappa shape index (κ2) is 6.48. The van der Waals surface area contributed by atoms with Gasteiger partial charge < -0.3 is 0 Å². The molecule has 2 rings (SSSR count). The zero-order valence-electron chi connectivity index (χ0n) is 10.3. The fraction of sp³-hybridized carbons (Fsp3) is 0.286. The molecule has 1 unspecified atom stereocenters. The smallest absolute Gasteiger partial charge is 0.0596 e. The van der Waals surface area contributed by atoms with Gasteiger partial charge in [-0.25, -0.2) is 0 Å². The van der Waals surface area contributed by atoms with Crippen LogP contribution < -0.4 is 11.3 Å². The van der Waals surface area contributed by atoms with Gasteiger partial charge in [0.1, 0.15) is 0 Å². The molecule has 0 spiro atoms. The quantitative estimate of drug-likeness (QED) is 0.648. The zero-order valence-corrected chi connectivity index (χ0v) is 12.7. The Hall–Kier alpha value is -0.680. The van der Waals surface area contributed by atoms with E-state index in [-0.39, 0.29) is 6.04 Å². The van der Waals surface area contributed by atoms with Crippen molar-refractivity contribution >= 4 is 27.3 Å². The maximum Gasteiger partial charge on any atom is 0.0596 e. The van der Waals surface area contributed by atoms with Gasteiger partial charge >= 0.3 is 0 Å². The Balaban J connectivity index is 2.23. The van der Waals surface area contributed by atoms with Crippen LogP contribution in [0.2, 0.25) is 0 Å². The van der Waals surface area contributed by atoms with E-state index in [1.807, 2.05) is 6.07 Å². The SMILES string of the molecule is CCc1ccsc1C(Cc1ccccc1Br)NN. The minimum atomic E-state index is 0.179. The van der Waals surface area contributed by atoms with Crippen molar-refractivity contribution in [2.24, 2.45) is 5.84 Å². The standard InChI is InChI=1S/C14H17BrN2S/c1-2-10-7-8-18-14(10)13(17-16)9-11-5-3-4-6-12(11)15/h3-8,13,17H,2,9,16H2,1H3. The molecule has 2 aromatic rings. The first-order valence-corrected chi connectivity index (χ1v) is 7.69. The lowest BCUT2D eigenvalue weighted by molar-refractivity contribution is 0.556. The highest BCUT2D eigenvalue weighted by atomic mass is 79.9. The third-order valence-corrected chi connectivity index (χ3v) is 4.91. The molecule has 0 amide bonds. The first-order valence-electron chi connectivity index (χ1n) is 6.02. The van der Waals surface area contributed by atoms with Gasteiger partial charge in [-0.05, 0) is 41.5 Å². The molecule has 3 N–H and O–H groups in total. The second-order valence-electron chi connectivity index (χ2n) is 4.18. The molecule has 0 aliphatic carbocycles. The van der Waals surface area contributed by atoms with E-state index in [9.17, 15) is 0 Å². The summed E-state index contributed by atoms with van der Waals surface area (Å²) >= 11 is 5.36. The molecule has 0 bridgehead atoms. The number of aryl methyl sites for hydroxylation is 1. The van der Waals surface area contributed by atoms with Crippen LogP contribution in [0.25, 0.3) is 0 Å². The van der Waals surface area contributed by atoms with Gasteiger partial charge in [0.05, 0.1) is 6.04 Å². The highest BCUT2D eigenvalue weighted by molar-refractivity contribution is 9.10. The van der Waals surface area contributed by atoms with E-state index in [1.54, 1.807) is 11.3 Å². The van der Waals surface area contributed by atoms with Crippen LogP contribution in [-0.2, 0) is 12.8 Å². The van der Waals surface area contributed by atoms with Crippen LogP contribution in [0.5, 0.6) is 0 Å². The normalized spacial score (nSPS) is 12.6. The molecule has 1 aromatic carbocycles. The highest BCUT2D eigenvalue weighted by Crippen LogP contribution is 2.29. The molecule has 0 aliphatic heterocycles. The fourth-order valence-corrected chi connectivity index (χ4v) is 3.56. The predicted molar refractivity (Wildman–Crippen MR) is 81.6 cm³/mol. The lowest BCUT2D eigenvalue weighted by Gasteiger charge is -2.17. The first-order chi connectivity index (χ1) is 8.76. The van der Waals surface area contributed by atoms with E-state index in [1.165, 1.54) is 16.0 Å². The van der Waals surface area contributed by atoms with Crippen molar-refractivity contribution < 1.29 is 0 Å². The molecule has 0 saturated carbocycles. The largest absolute Gasteiger partial charge is 0.271 e. The van der Waals surface area contributed by atoms with Crippen LogP contribution in [0.3, 0.4) is 0 Å². The molecule has 1 heterocycles. The number of rotatable bonds is 5. The Morgan fingerprint density at radius 3 is 2.72 bits per heavy atom. The summed E-state index contributed by atoms with van der Waals surface area (Å²) in [4.78, 5) is 1.34. The van der Waals surface area contributed by atoms with Gasteiger partial charge in [-0.15, -0.1) is 11.3 Å². The second-order valence-corrected chi connectivity index (χ2v) is 5.98. The molecule has 1 aromatic heterocycles. The molecule has 0 aliphatic rings. The lowest BCUT2D eigenvalue weighted by Crippen LogP contribution is -2.29. The van der Waals surface area contributed by atoms with Crippen molar-refractivity contribution in [2.75, 3.05) is 0 Å². The summed E-state index contributed by atoms with van der Waals surface area (Å²) in [6, 6.07) is 10.7. The Labute approximate surface area is 120 Å². The van der Waals surface area contributed by atoms with Gasteiger partial charge in [0.15, 0.2) is 0 Å². The summed E-state index contributed by atoms with van der Waals surface area (Å²) in [5, 5.41) is 2.14. The van der Waals surface area contributed by atoms with E-state index >= 15 is 0 Å². The fourth-order valence-electron chi connectivity index (χ4n) is 2.06. The molecule has 0 fully saturated rings. The van der Waals surface area contributed by atoms with Gasteiger partial charge in [0.2, 0.25) is 0 Å². The Kier molecular flexibility index (Phi) is 4.95. The van der Waals surface area contributed by atoms with Crippen molar-refractivity contribution in [1.29, 1.82) is 0 Å². The summed E-state index contributed by atoms with van der Waals surface area (Å²) in [6.45, 7) is 2.18. The van der Waals surface area contributed by atoms with Crippen molar-refractivity contribution in [3.63, 3.8) is 0 Å². The number of nitrogens with two attached hydrogens (primary N) is 1. The average Bonchev–Trinajstić information content (AvgIpc) is 2.86. The summed E-state index contributed by atoms with van der Waals surface area (Å²) in [5.74, 6) is 5.73. The Morgan fingerprint density at radius 1 is 1.28 bits per heavy atom. The molecule has 4 heteroatoms. The zero-order chi connectivity index (χ0) is 13.0. The van der Waals surface area contributed by atoms with Crippen LogP contribution in [0.15, 0.2) is 40.2 Å². The topological polar surface area (TPSA) is 38.0 Å². The molecular weight excluding hydrogens is 308 g/mol. The molecule has 1 atom stereocenters. The van der Waals surface area contributed by atoms with E-state index in [0.29, 0.717) is 0 Å². The number of halogens is 1. The number of nitrogens with one attached hydrogen (secondary N) is 1. The highest BCUT2D eigenvalue weighted by Gasteiger charge is 2.16. The molecule has 0 saturated heterocycles. The van der Waals surface area contributed by atoms with Crippen molar-refractivity contribution in [3.05, 3.63) is 56.2 Å². The summed E-state index contributed by atoms with van der Waals surface area (Å²) in [7, 11) is 0. The maximum absolute atomic E-state index is 5.73. The number of hydrogen-bond donors (Lipinski definition) is 2.